The molecule has 35 heavy (non-hydrogen) atoms. The smallest absolute Gasteiger partial charge is 0.254 e. The van der Waals surface area contributed by atoms with Crippen molar-refractivity contribution in [3.05, 3.63) is 53.3 Å². The van der Waals surface area contributed by atoms with E-state index >= 15 is 0 Å². The van der Waals surface area contributed by atoms with Crippen LogP contribution in [0.1, 0.15) is 60.9 Å². The lowest BCUT2D eigenvalue weighted by Gasteiger charge is -2.47. The molecule has 3 aliphatic heterocycles. The molecule has 0 unspecified atom stereocenters. The van der Waals surface area contributed by atoms with Gasteiger partial charge in [-0.05, 0) is 61.1 Å². The summed E-state index contributed by atoms with van der Waals surface area (Å²) in [6.07, 6.45) is 7.71. The van der Waals surface area contributed by atoms with Crippen molar-refractivity contribution in [1.82, 2.24) is 10.2 Å². The van der Waals surface area contributed by atoms with Gasteiger partial charge in [0, 0.05) is 50.7 Å². The Hall–Kier alpha value is -2.48. The van der Waals surface area contributed by atoms with Crippen LogP contribution in [-0.2, 0) is 16.1 Å². The number of hydrogen-bond acceptors (Lipinski definition) is 5. The molecule has 3 heterocycles. The molecular weight excluding hydrogens is 447 g/mol. The predicted octanol–water partition coefficient (Wildman–Crippen LogP) is 4.66. The zero-order valence-electron chi connectivity index (χ0n) is 20.1. The first kappa shape index (κ1) is 23.0. The lowest BCUT2D eigenvalue weighted by Crippen LogP contribution is -2.54. The third kappa shape index (κ3) is 4.69. The fourth-order valence-electron chi connectivity index (χ4n) is 5.62. The van der Waals surface area contributed by atoms with Crippen molar-refractivity contribution < 1.29 is 23.4 Å². The molecule has 3 fully saturated rings. The van der Waals surface area contributed by atoms with Gasteiger partial charge < -0.3 is 19.5 Å². The highest BCUT2D eigenvalue weighted by Gasteiger charge is 2.42. The molecule has 1 aliphatic carbocycles. The van der Waals surface area contributed by atoms with E-state index in [2.05, 4.69) is 10.2 Å². The lowest BCUT2D eigenvalue weighted by molar-refractivity contribution is -0.231. The molecule has 186 valence electrons. The monoisotopic (exact) mass is 480 g/mol. The van der Waals surface area contributed by atoms with Crippen LogP contribution in [0.4, 0.5) is 4.39 Å². The second-order valence-electron chi connectivity index (χ2n) is 10.3. The summed E-state index contributed by atoms with van der Waals surface area (Å²) < 4.78 is 33.0. The van der Waals surface area contributed by atoms with Crippen LogP contribution >= 0.6 is 0 Å². The summed E-state index contributed by atoms with van der Waals surface area (Å²) >= 11 is 0. The first-order chi connectivity index (χ1) is 17.1. The van der Waals surface area contributed by atoms with E-state index < -0.39 is 17.5 Å². The number of hydrogen-bond donors (Lipinski definition) is 1. The maximum atomic E-state index is 14.8. The van der Waals surface area contributed by atoms with E-state index in [0.29, 0.717) is 13.2 Å². The standard InChI is InChI=1S/C28H33FN2O4/c29-25-16-20(6-8-24(25)27(32)30-17-23-5-2-14-33-23)19-7-9-26-21(15-19)18-34-28(35-26)10-12-31(13-11-28)22-3-1-4-22/h6-9,15-16,22-23H,1-5,10-14,17-18H2,(H,30,32)/t23-/m0/s1. The van der Waals surface area contributed by atoms with Crippen molar-refractivity contribution in [3.8, 4) is 16.9 Å². The second kappa shape index (κ2) is 9.52. The molecule has 2 aromatic rings. The Morgan fingerprint density at radius 2 is 1.86 bits per heavy atom. The number of piperidine rings is 1. The third-order valence-corrected chi connectivity index (χ3v) is 8.06. The first-order valence-corrected chi connectivity index (χ1v) is 13.0. The molecular formula is C28H33FN2O4. The van der Waals surface area contributed by atoms with Gasteiger partial charge in [-0.25, -0.2) is 4.39 Å². The van der Waals surface area contributed by atoms with Gasteiger partial charge in [0.25, 0.3) is 5.91 Å². The molecule has 1 amide bonds. The number of carbonyl (C=O) groups is 1. The molecule has 0 aromatic heterocycles. The average molecular weight is 481 g/mol. The quantitative estimate of drug-likeness (QED) is 0.675. The Morgan fingerprint density at radius 1 is 1.06 bits per heavy atom. The Labute approximate surface area is 205 Å². The maximum absolute atomic E-state index is 14.8. The molecule has 1 spiro atoms. The molecule has 6 nitrogen and oxygen atoms in total. The fourth-order valence-corrected chi connectivity index (χ4v) is 5.62. The Kier molecular flexibility index (Phi) is 6.25. The minimum absolute atomic E-state index is 0.0238. The molecule has 1 N–H and O–H groups in total. The predicted molar refractivity (Wildman–Crippen MR) is 130 cm³/mol. The number of rotatable bonds is 5. The van der Waals surface area contributed by atoms with Crippen LogP contribution in [0.25, 0.3) is 11.1 Å². The van der Waals surface area contributed by atoms with Crippen LogP contribution in [0.3, 0.4) is 0 Å². The van der Waals surface area contributed by atoms with Crippen LogP contribution < -0.4 is 10.1 Å². The molecule has 7 heteroatoms. The van der Waals surface area contributed by atoms with Crippen molar-refractivity contribution >= 4 is 5.91 Å². The van der Waals surface area contributed by atoms with Crippen molar-refractivity contribution in [1.29, 1.82) is 0 Å². The average Bonchev–Trinajstić information content (AvgIpc) is 3.36. The van der Waals surface area contributed by atoms with Gasteiger partial charge in [-0.15, -0.1) is 0 Å². The number of benzene rings is 2. The summed E-state index contributed by atoms with van der Waals surface area (Å²) in [4.78, 5) is 15.0. The van der Waals surface area contributed by atoms with Gasteiger partial charge in [-0.2, -0.15) is 0 Å². The number of nitrogens with one attached hydrogen (secondary N) is 1. The van der Waals surface area contributed by atoms with Crippen molar-refractivity contribution in [2.45, 2.75) is 69.5 Å². The number of nitrogens with zero attached hydrogens (tertiary/aromatic N) is 1. The summed E-state index contributed by atoms with van der Waals surface area (Å²) in [5, 5.41) is 2.79. The number of likely N-dealkylation sites (tertiary alicyclic amines) is 1. The molecule has 1 saturated carbocycles. The van der Waals surface area contributed by atoms with E-state index in [0.717, 1.165) is 73.9 Å². The van der Waals surface area contributed by atoms with Crippen LogP contribution in [-0.4, -0.2) is 55.0 Å². The van der Waals surface area contributed by atoms with E-state index in [4.69, 9.17) is 14.2 Å². The largest absolute Gasteiger partial charge is 0.462 e. The number of carbonyl (C=O) groups excluding carboxylic acids is 1. The zero-order chi connectivity index (χ0) is 23.8. The summed E-state index contributed by atoms with van der Waals surface area (Å²) in [7, 11) is 0. The van der Waals surface area contributed by atoms with Gasteiger partial charge in [0.15, 0.2) is 0 Å². The highest BCUT2D eigenvalue weighted by Crippen LogP contribution is 2.40. The highest BCUT2D eigenvalue weighted by atomic mass is 19.1. The zero-order valence-corrected chi connectivity index (χ0v) is 20.1. The van der Waals surface area contributed by atoms with Gasteiger partial charge in [0.2, 0.25) is 5.79 Å². The number of halogens is 1. The SMILES string of the molecule is O=C(NC[C@@H]1CCCO1)c1ccc(-c2ccc3c(c2)COC2(CCN(C4CCC4)CC2)O3)cc1F. The summed E-state index contributed by atoms with van der Waals surface area (Å²) in [5.41, 5.74) is 2.60. The molecule has 1 atom stereocenters. The summed E-state index contributed by atoms with van der Waals surface area (Å²) in [6.45, 7) is 3.65. The van der Waals surface area contributed by atoms with Gasteiger partial charge >= 0.3 is 0 Å². The van der Waals surface area contributed by atoms with Crippen molar-refractivity contribution in [2.75, 3.05) is 26.2 Å². The molecule has 0 bridgehead atoms. The van der Waals surface area contributed by atoms with Crippen molar-refractivity contribution in [3.63, 3.8) is 0 Å². The van der Waals surface area contributed by atoms with E-state index in [1.807, 2.05) is 18.2 Å². The highest BCUT2D eigenvalue weighted by molar-refractivity contribution is 5.95. The summed E-state index contributed by atoms with van der Waals surface area (Å²) in [6, 6.07) is 11.4. The Balaban J connectivity index is 1.11. The van der Waals surface area contributed by atoms with Gasteiger partial charge in [-0.1, -0.05) is 18.6 Å². The second-order valence-corrected chi connectivity index (χ2v) is 10.3. The van der Waals surface area contributed by atoms with Crippen LogP contribution in [0.2, 0.25) is 0 Å². The molecule has 2 aromatic carbocycles. The molecule has 2 saturated heterocycles. The van der Waals surface area contributed by atoms with Gasteiger partial charge in [0.1, 0.15) is 11.6 Å². The van der Waals surface area contributed by atoms with Crippen LogP contribution in [0.15, 0.2) is 36.4 Å². The van der Waals surface area contributed by atoms with E-state index in [-0.39, 0.29) is 11.7 Å². The Morgan fingerprint density at radius 3 is 2.57 bits per heavy atom. The van der Waals surface area contributed by atoms with Crippen LogP contribution in [0.5, 0.6) is 5.75 Å². The van der Waals surface area contributed by atoms with Gasteiger partial charge in [-0.3, -0.25) is 9.69 Å². The number of fused-ring (bicyclic) bond motifs is 1. The summed E-state index contributed by atoms with van der Waals surface area (Å²) in [5.74, 6) is -0.623. The van der Waals surface area contributed by atoms with E-state index in [1.165, 1.54) is 25.3 Å². The topological polar surface area (TPSA) is 60.0 Å². The van der Waals surface area contributed by atoms with Gasteiger partial charge in [0.05, 0.1) is 18.3 Å². The van der Waals surface area contributed by atoms with Crippen LogP contribution in [0, 0.1) is 5.82 Å². The fraction of sp³-hybridized carbons (Fsp3) is 0.536. The first-order valence-electron chi connectivity index (χ1n) is 13.0. The number of amides is 1. The minimum Gasteiger partial charge on any atom is -0.462 e. The van der Waals surface area contributed by atoms with E-state index in [9.17, 15) is 9.18 Å². The van der Waals surface area contributed by atoms with E-state index in [1.54, 1.807) is 12.1 Å². The molecule has 4 aliphatic rings. The number of ether oxygens (including phenoxy) is 3. The lowest BCUT2D eigenvalue weighted by atomic mass is 9.89. The maximum Gasteiger partial charge on any atom is 0.254 e. The third-order valence-electron chi connectivity index (χ3n) is 8.06. The minimum atomic E-state index is -0.533. The molecule has 0 radical (unpaired) electrons. The molecule has 6 rings (SSSR count). The normalized spacial score (nSPS) is 24.0. The van der Waals surface area contributed by atoms with Crippen molar-refractivity contribution in [2.24, 2.45) is 0 Å². The Bertz CT molecular complexity index is 1090.